The first kappa shape index (κ1) is 19.6. The fraction of sp³-hybridized carbons (Fsp3) is 0.650. The maximum absolute atomic E-state index is 12.6. The number of nitrogens with one attached hydrogen (secondary N) is 1. The number of amides is 1. The highest BCUT2D eigenvalue weighted by Gasteiger charge is 2.28. The topological polar surface area (TPSA) is 102 Å². The lowest BCUT2D eigenvalue weighted by atomic mass is 9.91. The Labute approximate surface area is 160 Å². The Balaban J connectivity index is 1.77. The number of piperidine rings is 1. The maximum atomic E-state index is 12.6. The molecule has 0 spiro atoms. The van der Waals surface area contributed by atoms with Crippen LogP contribution in [0.1, 0.15) is 56.3 Å². The number of rotatable bonds is 4. The van der Waals surface area contributed by atoms with Gasteiger partial charge in [-0.15, -0.1) is 0 Å². The summed E-state index contributed by atoms with van der Waals surface area (Å²) in [4.78, 5) is 25.9. The zero-order valence-electron chi connectivity index (χ0n) is 16.2. The Kier molecular flexibility index (Phi) is 5.99. The summed E-state index contributed by atoms with van der Waals surface area (Å²) in [6, 6.07) is 5.17. The molecule has 1 aromatic carbocycles. The average molecular weight is 374 g/mol. The number of nitrogens with zero attached hydrogens (tertiary/aromatic N) is 2. The number of nitrogens with two attached hydrogens (primary N) is 1. The Morgan fingerprint density at radius 3 is 2.41 bits per heavy atom. The van der Waals surface area contributed by atoms with Crippen molar-refractivity contribution in [3.05, 3.63) is 33.9 Å². The standard InChI is InChI=1S/C20H30N4O3/c1-13-9-14(2)12-23(11-13)18-8-3-15(10-19(18)24(26)27)20(25)22-17-6-4-16(21)5-7-17/h3,8,10,13-14,16-17H,4-7,9,11-12,21H2,1-2H3,(H,22,25). The second-order valence-corrected chi connectivity index (χ2v) is 8.40. The number of hydrogen-bond donors (Lipinski definition) is 2. The van der Waals surface area contributed by atoms with Crippen LogP contribution in [0, 0.1) is 22.0 Å². The van der Waals surface area contributed by atoms with Gasteiger partial charge in [0.2, 0.25) is 0 Å². The van der Waals surface area contributed by atoms with Crippen LogP contribution in [0.2, 0.25) is 0 Å². The van der Waals surface area contributed by atoms with Crippen LogP contribution in [-0.2, 0) is 0 Å². The van der Waals surface area contributed by atoms with E-state index in [2.05, 4.69) is 24.1 Å². The molecule has 3 rings (SSSR count). The van der Waals surface area contributed by atoms with Crippen molar-refractivity contribution >= 4 is 17.3 Å². The van der Waals surface area contributed by atoms with Gasteiger partial charge in [0.15, 0.2) is 0 Å². The SMILES string of the molecule is CC1CC(C)CN(c2ccc(C(=O)NC3CCC(N)CC3)cc2[N+](=O)[O-])C1. The first-order chi connectivity index (χ1) is 12.8. The van der Waals surface area contributed by atoms with Crippen molar-refractivity contribution in [3.8, 4) is 0 Å². The smallest absolute Gasteiger partial charge is 0.293 e. The molecular formula is C20H30N4O3. The highest BCUT2D eigenvalue weighted by atomic mass is 16.6. The predicted molar refractivity (Wildman–Crippen MR) is 106 cm³/mol. The summed E-state index contributed by atoms with van der Waals surface area (Å²) in [5.41, 5.74) is 6.87. The fourth-order valence-corrected chi connectivity index (χ4v) is 4.47. The normalized spacial score (nSPS) is 28.6. The Bertz CT molecular complexity index is 690. The first-order valence-electron chi connectivity index (χ1n) is 9.93. The minimum atomic E-state index is -0.379. The van der Waals surface area contributed by atoms with Crippen LogP contribution >= 0.6 is 0 Å². The van der Waals surface area contributed by atoms with Crippen LogP contribution in [-0.4, -0.2) is 36.0 Å². The third-order valence-corrected chi connectivity index (χ3v) is 5.75. The summed E-state index contributed by atoms with van der Waals surface area (Å²) in [5, 5.41) is 14.7. The molecule has 1 aliphatic carbocycles. The van der Waals surface area contributed by atoms with Gasteiger partial charge in [0.05, 0.1) is 4.92 Å². The molecule has 27 heavy (non-hydrogen) atoms. The molecule has 1 aromatic rings. The van der Waals surface area contributed by atoms with Gasteiger partial charge < -0.3 is 16.0 Å². The van der Waals surface area contributed by atoms with Crippen molar-refractivity contribution in [1.29, 1.82) is 0 Å². The predicted octanol–water partition coefficient (Wildman–Crippen LogP) is 3.08. The molecule has 3 N–H and O–H groups in total. The van der Waals surface area contributed by atoms with Gasteiger partial charge in [-0.25, -0.2) is 0 Å². The van der Waals surface area contributed by atoms with Crippen LogP contribution in [0.25, 0.3) is 0 Å². The van der Waals surface area contributed by atoms with E-state index in [1.807, 2.05) is 0 Å². The van der Waals surface area contributed by atoms with E-state index in [0.29, 0.717) is 23.1 Å². The van der Waals surface area contributed by atoms with E-state index < -0.39 is 0 Å². The maximum Gasteiger partial charge on any atom is 0.293 e. The molecule has 1 saturated carbocycles. The van der Waals surface area contributed by atoms with E-state index >= 15 is 0 Å². The third kappa shape index (κ3) is 4.77. The number of carbonyl (C=O) groups excluding carboxylic acids is 1. The average Bonchev–Trinajstić information content (AvgIpc) is 2.62. The zero-order valence-corrected chi connectivity index (χ0v) is 16.2. The van der Waals surface area contributed by atoms with Gasteiger partial charge in [-0.2, -0.15) is 0 Å². The molecule has 2 atom stereocenters. The minimum absolute atomic E-state index is 0.00890. The number of hydrogen-bond acceptors (Lipinski definition) is 5. The van der Waals surface area contributed by atoms with Crippen LogP contribution < -0.4 is 16.0 Å². The van der Waals surface area contributed by atoms with E-state index in [-0.39, 0.29) is 28.6 Å². The number of anilines is 1. The number of nitro benzene ring substituents is 1. The van der Waals surface area contributed by atoms with Gasteiger partial charge in [-0.05, 0) is 56.1 Å². The summed E-state index contributed by atoms with van der Waals surface area (Å²) in [6.07, 6.45) is 4.65. The van der Waals surface area contributed by atoms with Gasteiger partial charge in [-0.3, -0.25) is 14.9 Å². The minimum Gasteiger partial charge on any atom is -0.365 e. The van der Waals surface area contributed by atoms with E-state index in [1.54, 1.807) is 12.1 Å². The molecule has 2 unspecified atom stereocenters. The fourth-order valence-electron chi connectivity index (χ4n) is 4.47. The molecule has 1 aliphatic heterocycles. The molecule has 0 bridgehead atoms. The molecular weight excluding hydrogens is 344 g/mol. The van der Waals surface area contributed by atoms with Gasteiger partial charge in [0.1, 0.15) is 5.69 Å². The highest BCUT2D eigenvalue weighted by Crippen LogP contribution is 2.34. The largest absolute Gasteiger partial charge is 0.365 e. The van der Waals surface area contributed by atoms with Gasteiger partial charge in [0, 0.05) is 36.8 Å². The van der Waals surface area contributed by atoms with Crippen molar-refractivity contribution in [3.63, 3.8) is 0 Å². The molecule has 1 heterocycles. The summed E-state index contributed by atoms with van der Waals surface area (Å²) in [7, 11) is 0. The quantitative estimate of drug-likeness (QED) is 0.623. The van der Waals surface area contributed by atoms with E-state index in [0.717, 1.165) is 45.2 Å². The van der Waals surface area contributed by atoms with Gasteiger partial charge >= 0.3 is 0 Å². The summed E-state index contributed by atoms with van der Waals surface area (Å²) in [6.45, 7) is 5.96. The zero-order chi connectivity index (χ0) is 19.6. The van der Waals surface area contributed by atoms with Crippen molar-refractivity contribution in [1.82, 2.24) is 5.32 Å². The monoisotopic (exact) mass is 374 g/mol. The van der Waals surface area contributed by atoms with Gasteiger partial charge in [0.25, 0.3) is 11.6 Å². The molecule has 2 fully saturated rings. The Hall–Kier alpha value is -2.15. The van der Waals surface area contributed by atoms with Crippen LogP contribution in [0.5, 0.6) is 0 Å². The second-order valence-electron chi connectivity index (χ2n) is 8.40. The van der Waals surface area contributed by atoms with Crippen molar-refractivity contribution in [2.24, 2.45) is 17.6 Å². The van der Waals surface area contributed by atoms with Gasteiger partial charge in [-0.1, -0.05) is 13.8 Å². The Morgan fingerprint density at radius 2 is 1.81 bits per heavy atom. The van der Waals surface area contributed by atoms with E-state index in [4.69, 9.17) is 5.73 Å². The molecule has 1 amide bonds. The summed E-state index contributed by atoms with van der Waals surface area (Å²) in [5.74, 6) is 0.744. The van der Waals surface area contributed by atoms with E-state index in [9.17, 15) is 14.9 Å². The molecule has 2 aliphatic rings. The lowest BCUT2D eigenvalue weighted by Gasteiger charge is -2.36. The highest BCUT2D eigenvalue weighted by molar-refractivity contribution is 5.96. The van der Waals surface area contributed by atoms with Crippen molar-refractivity contribution in [2.45, 2.75) is 58.0 Å². The molecule has 7 nitrogen and oxygen atoms in total. The molecule has 148 valence electrons. The van der Waals surface area contributed by atoms with Crippen molar-refractivity contribution in [2.75, 3.05) is 18.0 Å². The lowest BCUT2D eigenvalue weighted by molar-refractivity contribution is -0.384. The molecule has 7 heteroatoms. The van der Waals surface area contributed by atoms with Crippen molar-refractivity contribution < 1.29 is 9.72 Å². The lowest BCUT2D eigenvalue weighted by Crippen LogP contribution is -2.40. The van der Waals surface area contributed by atoms with Crippen LogP contribution in [0.3, 0.4) is 0 Å². The number of nitro groups is 1. The molecule has 0 aromatic heterocycles. The van der Waals surface area contributed by atoms with Crippen LogP contribution in [0.4, 0.5) is 11.4 Å². The van der Waals surface area contributed by atoms with E-state index in [1.165, 1.54) is 6.07 Å². The molecule has 0 radical (unpaired) electrons. The molecule has 1 saturated heterocycles. The third-order valence-electron chi connectivity index (χ3n) is 5.75. The Morgan fingerprint density at radius 1 is 1.19 bits per heavy atom. The van der Waals surface area contributed by atoms with Crippen LogP contribution in [0.15, 0.2) is 18.2 Å². The number of carbonyl (C=O) groups is 1. The number of benzene rings is 1. The first-order valence-corrected chi connectivity index (χ1v) is 9.93. The second kappa shape index (κ2) is 8.25. The summed E-state index contributed by atoms with van der Waals surface area (Å²) >= 11 is 0. The summed E-state index contributed by atoms with van der Waals surface area (Å²) < 4.78 is 0.